The van der Waals surface area contributed by atoms with E-state index in [1.54, 1.807) is 0 Å². The van der Waals surface area contributed by atoms with Gasteiger partial charge in [0.2, 0.25) is 0 Å². The fourth-order valence-corrected chi connectivity index (χ4v) is 3.79. The molecular weight excluding hydrogens is 364 g/mol. The summed E-state index contributed by atoms with van der Waals surface area (Å²) in [6, 6.07) is 21.6. The molecule has 0 aliphatic heterocycles. The minimum atomic E-state index is 1.00. The van der Waals surface area contributed by atoms with Crippen molar-refractivity contribution >= 4 is 11.4 Å². The first kappa shape index (κ1) is 26.4. The minimum Gasteiger partial charge on any atom is -0.296 e. The van der Waals surface area contributed by atoms with Crippen molar-refractivity contribution in [2.75, 3.05) is 41.3 Å². The fraction of sp³-hybridized carbons (Fsp3) is 0.571. The van der Waals surface area contributed by atoms with E-state index in [2.05, 4.69) is 103 Å². The molecule has 0 atom stereocenters. The second-order valence-electron chi connectivity index (χ2n) is 9.61. The average Bonchev–Trinajstić information content (AvgIpc) is 2.76. The van der Waals surface area contributed by atoms with Gasteiger partial charge in [-0.1, -0.05) is 75.9 Å². The molecule has 0 saturated carbocycles. The molecule has 0 unspecified atom stereocenters. The number of rotatable bonds is 12. The number of nitrogens with zero attached hydrogens (tertiary/aromatic N) is 2. The molecule has 2 rings (SSSR count). The number of para-hydroxylation sites is 2. The Hall–Kier alpha value is -1.64. The second kappa shape index (κ2) is 14.4. The number of unbranched alkanes of at least 4 members (excludes halogenated alkanes) is 6. The van der Waals surface area contributed by atoms with Crippen molar-refractivity contribution in [1.82, 2.24) is 8.97 Å². The molecule has 0 saturated heterocycles. The lowest BCUT2D eigenvalue weighted by Gasteiger charge is -2.29. The van der Waals surface area contributed by atoms with Gasteiger partial charge in [-0.05, 0) is 49.9 Å². The van der Waals surface area contributed by atoms with Crippen molar-refractivity contribution in [3.05, 3.63) is 60.7 Å². The zero-order chi connectivity index (χ0) is 22.3. The molecule has 0 fully saturated rings. The number of quaternary nitrogens is 2. The summed E-state index contributed by atoms with van der Waals surface area (Å²) in [7, 11) is 9.17. The highest BCUT2D eigenvalue weighted by Gasteiger charge is 2.18. The third-order valence-electron chi connectivity index (χ3n) is 6.05. The van der Waals surface area contributed by atoms with Gasteiger partial charge in [0.25, 0.3) is 0 Å². The molecule has 168 valence electrons. The van der Waals surface area contributed by atoms with Crippen molar-refractivity contribution in [1.29, 1.82) is 0 Å². The Kier molecular flexibility index (Phi) is 12.7. The lowest BCUT2D eigenvalue weighted by Crippen LogP contribution is -2.41. The summed E-state index contributed by atoms with van der Waals surface area (Å²) in [5.41, 5.74) is 2.82. The van der Waals surface area contributed by atoms with Crippen LogP contribution in [0.4, 0.5) is 11.4 Å². The lowest BCUT2D eigenvalue weighted by atomic mass is 10.2. The third kappa shape index (κ3) is 10.4. The van der Waals surface area contributed by atoms with Gasteiger partial charge in [0.15, 0.2) is 0 Å². The Labute approximate surface area is 187 Å². The topological polar surface area (TPSA) is 0 Å². The summed E-state index contributed by atoms with van der Waals surface area (Å²) in [4.78, 5) is 0. The van der Waals surface area contributed by atoms with Gasteiger partial charge in [0.1, 0.15) is 11.4 Å². The van der Waals surface area contributed by atoms with Gasteiger partial charge in [0, 0.05) is 0 Å². The molecule has 0 aromatic heterocycles. The van der Waals surface area contributed by atoms with E-state index in [1.165, 1.54) is 75.8 Å². The summed E-state index contributed by atoms with van der Waals surface area (Å²) in [6.45, 7) is 7.00. The van der Waals surface area contributed by atoms with Gasteiger partial charge >= 0.3 is 0 Å². The number of hydrogen-bond acceptors (Lipinski definition) is 0. The predicted octanol–water partition coefficient (Wildman–Crippen LogP) is 7.67. The largest absolute Gasteiger partial charge is 0.296 e. The van der Waals surface area contributed by atoms with Crippen LogP contribution in [-0.2, 0) is 0 Å². The van der Waals surface area contributed by atoms with E-state index in [9.17, 15) is 0 Å². The molecule has 30 heavy (non-hydrogen) atoms. The molecular formula is C28H48N2+2. The maximum absolute atomic E-state index is 2.29. The highest BCUT2D eigenvalue weighted by atomic mass is 15.3. The van der Waals surface area contributed by atoms with Gasteiger partial charge < -0.3 is 0 Å². The molecule has 0 N–H and O–H groups in total. The summed E-state index contributed by atoms with van der Waals surface area (Å²) < 4.78 is 2.01. The monoisotopic (exact) mass is 412 g/mol. The van der Waals surface area contributed by atoms with Crippen molar-refractivity contribution < 1.29 is 0 Å². The zero-order valence-electron chi connectivity index (χ0n) is 20.7. The van der Waals surface area contributed by atoms with Gasteiger partial charge in [-0.25, -0.2) is 0 Å². The standard InChI is InChI=1S/2C14H24N/c2*1-4-5-6-10-13-15(2,3)14-11-8-7-9-12-14/h2*7-9,11-12H,4-6,10,13H2,1-3H3/q2*+1. The first-order valence-electron chi connectivity index (χ1n) is 12.1. The van der Waals surface area contributed by atoms with Crippen LogP contribution in [0.1, 0.15) is 65.2 Å². The molecule has 2 aromatic carbocycles. The Bertz CT molecular complexity index is 587. The summed E-state index contributed by atoms with van der Waals surface area (Å²) in [5, 5.41) is 0. The molecule has 0 radical (unpaired) electrons. The molecule has 0 bridgehead atoms. The Balaban J connectivity index is 0.000000300. The molecule has 0 amide bonds. The predicted molar refractivity (Wildman–Crippen MR) is 138 cm³/mol. The summed E-state index contributed by atoms with van der Waals surface area (Å²) in [6.07, 6.45) is 10.8. The normalized spacial score (nSPS) is 11.7. The van der Waals surface area contributed by atoms with Crippen molar-refractivity contribution in [2.45, 2.75) is 65.2 Å². The van der Waals surface area contributed by atoms with Gasteiger partial charge in [-0.15, -0.1) is 0 Å². The average molecular weight is 413 g/mol. The van der Waals surface area contributed by atoms with Crippen LogP contribution >= 0.6 is 0 Å². The number of benzene rings is 2. The maximum Gasteiger partial charge on any atom is 0.132 e. The molecule has 2 nitrogen and oxygen atoms in total. The zero-order valence-corrected chi connectivity index (χ0v) is 20.7. The molecule has 0 aliphatic carbocycles. The van der Waals surface area contributed by atoms with E-state index in [1.807, 2.05) is 0 Å². The smallest absolute Gasteiger partial charge is 0.132 e. The van der Waals surface area contributed by atoms with Crippen LogP contribution in [-0.4, -0.2) is 41.3 Å². The van der Waals surface area contributed by atoms with Crippen LogP contribution in [0.3, 0.4) is 0 Å². The minimum absolute atomic E-state index is 1.00. The van der Waals surface area contributed by atoms with Crippen LogP contribution in [0, 0.1) is 0 Å². The van der Waals surface area contributed by atoms with Gasteiger partial charge in [-0.2, -0.15) is 0 Å². The Morgan fingerprint density at radius 3 is 1.10 bits per heavy atom. The van der Waals surface area contributed by atoms with Crippen LogP contribution in [0.2, 0.25) is 0 Å². The highest BCUT2D eigenvalue weighted by molar-refractivity contribution is 5.41. The van der Waals surface area contributed by atoms with Crippen LogP contribution < -0.4 is 8.97 Å². The quantitative estimate of drug-likeness (QED) is 0.248. The van der Waals surface area contributed by atoms with E-state index in [-0.39, 0.29) is 0 Å². The van der Waals surface area contributed by atoms with Gasteiger partial charge in [-0.3, -0.25) is 8.97 Å². The molecule has 2 aromatic rings. The van der Waals surface area contributed by atoms with Crippen LogP contribution in [0.15, 0.2) is 60.7 Å². The Morgan fingerprint density at radius 2 is 0.800 bits per heavy atom. The van der Waals surface area contributed by atoms with E-state index in [0.29, 0.717) is 0 Å². The van der Waals surface area contributed by atoms with Gasteiger partial charge in [0.05, 0.1) is 41.3 Å². The fourth-order valence-electron chi connectivity index (χ4n) is 3.79. The van der Waals surface area contributed by atoms with Crippen molar-refractivity contribution in [2.24, 2.45) is 0 Å². The van der Waals surface area contributed by atoms with Crippen molar-refractivity contribution in [3.8, 4) is 0 Å². The first-order chi connectivity index (χ1) is 14.3. The molecule has 0 heterocycles. The van der Waals surface area contributed by atoms with E-state index >= 15 is 0 Å². The molecule has 0 spiro atoms. The number of hydrogen-bond donors (Lipinski definition) is 0. The Morgan fingerprint density at radius 1 is 0.467 bits per heavy atom. The van der Waals surface area contributed by atoms with E-state index < -0.39 is 0 Å². The first-order valence-corrected chi connectivity index (χ1v) is 12.1. The van der Waals surface area contributed by atoms with Crippen LogP contribution in [0.5, 0.6) is 0 Å². The van der Waals surface area contributed by atoms with E-state index in [0.717, 1.165) is 8.97 Å². The molecule has 2 heteroatoms. The molecule has 0 aliphatic rings. The second-order valence-corrected chi connectivity index (χ2v) is 9.61. The summed E-state index contributed by atoms with van der Waals surface area (Å²) >= 11 is 0. The van der Waals surface area contributed by atoms with Crippen molar-refractivity contribution in [3.63, 3.8) is 0 Å². The third-order valence-corrected chi connectivity index (χ3v) is 6.05. The van der Waals surface area contributed by atoms with E-state index in [4.69, 9.17) is 0 Å². The highest BCUT2D eigenvalue weighted by Crippen LogP contribution is 2.20. The van der Waals surface area contributed by atoms with Crippen LogP contribution in [0.25, 0.3) is 0 Å². The maximum atomic E-state index is 2.29. The summed E-state index contributed by atoms with van der Waals surface area (Å²) in [5.74, 6) is 0. The SMILES string of the molecule is CCCCCC[N+](C)(C)c1ccccc1.CCCCCC[N+](C)(C)c1ccccc1. The lowest BCUT2D eigenvalue weighted by molar-refractivity contribution is 0.382.